The van der Waals surface area contributed by atoms with Crippen molar-refractivity contribution in [2.24, 2.45) is 0 Å². The molecule has 0 aromatic heterocycles. The van der Waals surface area contributed by atoms with Crippen molar-refractivity contribution in [2.75, 3.05) is 32.9 Å². The van der Waals surface area contributed by atoms with E-state index in [-0.39, 0.29) is 17.8 Å². The van der Waals surface area contributed by atoms with E-state index in [1.807, 2.05) is 13.8 Å². The minimum atomic E-state index is -0.239. The molecule has 0 radical (unpaired) electrons. The third-order valence-corrected chi connectivity index (χ3v) is 3.11. The molecule has 0 atom stereocenters. The fourth-order valence-corrected chi connectivity index (χ4v) is 1.37. The van der Waals surface area contributed by atoms with E-state index in [1.54, 1.807) is 0 Å². The lowest BCUT2D eigenvalue weighted by Gasteiger charge is -2.25. The van der Waals surface area contributed by atoms with Crippen molar-refractivity contribution in [3.63, 3.8) is 0 Å². The molecule has 0 aromatic carbocycles. The molecule has 0 aliphatic heterocycles. The highest BCUT2D eigenvalue weighted by Crippen LogP contribution is 2.13. The first-order valence-corrected chi connectivity index (χ1v) is 6.92. The van der Waals surface area contributed by atoms with E-state index in [0.29, 0.717) is 13.0 Å². The van der Waals surface area contributed by atoms with Crippen molar-refractivity contribution in [3.8, 4) is 0 Å². The molecular weight excluding hydrogens is 230 g/mol. The van der Waals surface area contributed by atoms with Crippen LogP contribution in [0.1, 0.15) is 47.5 Å². The number of nitrogens with one attached hydrogen (secondary N) is 1. The third-order valence-electron chi connectivity index (χ3n) is 3.11. The fraction of sp³-hybridized carbons (Fsp3) is 1.00. The zero-order valence-corrected chi connectivity index (χ0v) is 12.7. The summed E-state index contributed by atoms with van der Waals surface area (Å²) >= 11 is 0. The van der Waals surface area contributed by atoms with E-state index in [1.165, 1.54) is 0 Å². The lowest BCUT2D eigenvalue weighted by atomic mass is 10.1. The second kappa shape index (κ2) is 8.86. The molecule has 4 nitrogen and oxygen atoms in total. The van der Waals surface area contributed by atoms with E-state index in [2.05, 4.69) is 26.1 Å². The van der Waals surface area contributed by atoms with Crippen LogP contribution in [-0.4, -0.2) is 49.2 Å². The summed E-state index contributed by atoms with van der Waals surface area (Å²) < 4.78 is 11.4. The van der Waals surface area contributed by atoms with Gasteiger partial charge in [0.2, 0.25) is 0 Å². The summed E-state index contributed by atoms with van der Waals surface area (Å²) in [5.74, 6) is 0. The Morgan fingerprint density at radius 2 is 1.44 bits per heavy atom. The molecule has 0 aliphatic rings. The van der Waals surface area contributed by atoms with Gasteiger partial charge in [-0.25, -0.2) is 0 Å². The molecule has 2 N–H and O–H groups in total. The average molecular weight is 261 g/mol. The largest absolute Gasteiger partial charge is 0.396 e. The van der Waals surface area contributed by atoms with Crippen molar-refractivity contribution < 1.29 is 14.6 Å². The molecular formula is C14H31NO3. The molecule has 110 valence electrons. The molecule has 0 aromatic rings. The minimum Gasteiger partial charge on any atom is -0.396 e. The normalized spacial score (nSPS) is 13.0. The molecule has 0 bridgehead atoms. The Hall–Kier alpha value is -0.160. The van der Waals surface area contributed by atoms with Crippen molar-refractivity contribution in [2.45, 2.75) is 58.7 Å². The molecule has 0 spiro atoms. The van der Waals surface area contributed by atoms with Crippen LogP contribution in [0.25, 0.3) is 0 Å². The van der Waals surface area contributed by atoms with Crippen molar-refractivity contribution in [1.29, 1.82) is 0 Å². The van der Waals surface area contributed by atoms with E-state index in [4.69, 9.17) is 14.6 Å². The van der Waals surface area contributed by atoms with Crippen LogP contribution in [0.5, 0.6) is 0 Å². The fourth-order valence-electron chi connectivity index (χ4n) is 1.37. The summed E-state index contributed by atoms with van der Waals surface area (Å²) in [6.07, 6.45) is 1.69. The van der Waals surface area contributed by atoms with Gasteiger partial charge in [-0.15, -0.1) is 0 Å². The SMILES string of the molecule is CCC(C)(C)OCCNCCOC(C)(C)CCO. The van der Waals surface area contributed by atoms with Crippen molar-refractivity contribution in [1.82, 2.24) is 5.32 Å². The summed E-state index contributed by atoms with van der Waals surface area (Å²) in [5.41, 5.74) is -0.265. The van der Waals surface area contributed by atoms with Crippen LogP contribution < -0.4 is 5.32 Å². The van der Waals surface area contributed by atoms with Crippen LogP contribution in [-0.2, 0) is 9.47 Å². The molecule has 0 amide bonds. The molecule has 0 aliphatic carbocycles. The molecule has 0 rings (SSSR count). The predicted molar refractivity (Wildman–Crippen MR) is 74.9 cm³/mol. The van der Waals surface area contributed by atoms with Crippen LogP contribution in [0.3, 0.4) is 0 Å². The summed E-state index contributed by atoms with van der Waals surface area (Å²) in [6, 6.07) is 0. The van der Waals surface area contributed by atoms with Crippen molar-refractivity contribution in [3.05, 3.63) is 0 Å². The second-order valence-corrected chi connectivity index (χ2v) is 5.79. The molecule has 0 saturated carbocycles. The van der Waals surface area contributed by atoms with Gasteiger partial charge in [0.25, 0.3) is 0 Å². The number of ether oxygens (including phenoxy) is 2. The number of aliphatic hydroxyl groups excluding tert-OH is 1. The monoisotopic (exact) mass is 261 g/mol. The van der Waals surface area contributed by atoms with Gasteiger partial charge in [0.05, 0.1) is 24.4 Å². The zero-order valence-electron chi connectivity index (χ0n) is 12.7. The maximum atomic E-state index is 8.86. The first-order valence-electron chi connectivity index (χ1n) is 6.92. The van der Waals surface area contributed by atoms with Gasteiger partial charge in [-0.05, 0) is 40.5 Å². The van der Waals surface area contributed by atoms with Gasteiger partial charge in [0.1, 0.15) is 0 Å². The van der Waals surface area contributed by atoms with Gasteiger partial charge in [-0.2, -0.15) is 0 Å². The number of hydrogen-bond donors (Lipinski definition) is 2. The highest BCUT2D eigenvalue weighted by atomic mass is 16.5. The second-order valence-electron chi connectivity index (χ2n) is 5.79. The van der Waals surface area contributed by atoms with Crippen LogP contribution in [0.4, 0.5) is 0 Å². The Morgan fingerprint density at radius 3 is 1.89 bits per heavy atom. The Balaban J connectivity index is 3.42. The van der Waals surface area contributed by atoms with Crippen molar-refractivity contribution >= 4 is 0 Å². The topological polar surface area (TPSA) is 50.7 Å². The van der Waals surface area contributed by atoms with Crippen LogP contribution in [0, 0.1) is 0 Å². The number of rotatable bonds is 11. The Bertz CT molecular complexity index is 205. The average Bonchev–Trinajstić information content (AvgIpc) is 2.27. The summed E-state index contributed by atoms with van der Waals surface area (Å²) in [5, 5.41) is 12.1. The van der Waals surface area contributed by atoms with Gasteiger partial charge >= 0.3 is 0 Å². The molecule has 0 unspecified atom stereocenters. The third kappa shape index (κ3) is 9.83. The van der Waals surface area contributed by atoms with E-state index >= 15 is 0 Å². The molecule has 0 heterocycles. The van der Waals surface area contributed by atoms with Gasteiger partial charge < -0.3 is 19.9 Å². The summed E-state index contributed by atoms with van der Waals surface area (Å²) in [6.45, 7) is 13.5. The quantitative estimate of drug-likeness (QED) is 0.558. The van der Waals surface area contributed by atoms with Gasteiger partial charge in [-0.1, -0.05) is 6.92 Å². The lowest BCUT2D eigenvalue weighted by molar-refractivity contribution is -0.0340. The highest BCUT2D eigenvalue weighted by Gasteiger charge is 2.17. The van der Waals surface area contributed by atoms with E-state index < -0.39 is 0 Å². The van der Waals surface area contributed by atoms with Gasteiger partial charge in [0.15, 0.2) is 0 Å². The number of aliphatic hydroxyl groups is 1. The smallest absolute Gasteiger partial charge is 0.0649 e. The Kier molecular flexibility index (Phi) is 8.78. The minimum absolute atomic E-state index is 0.0265. The molecule has 18 heavy (non-hydrogen) atoms. The lowest BCUT2D eigenvalue weighted by Crippen LogP contribution is -2.33. The first-order chi connectivity index (χ1) is 8.33. The van der Waals surface area contributed by atoms with Crippen LogP contribution in [0.2, 0.25) is 0 Å². The number of hydrogen-bond acceptors (Lipinski definition) is 4. The standard InChI is InChI=1S/C14H31NO3/c1-6-13(2,3)17-11-8-15-9-12-18-14(4,5)7-10-16/h15-16H,6-12H2,1-5H3. The first kappa shape index (κ1) is 17.8. The van der Waals surface area contributed by atoms with Gasteiger partial charge in [-0.3, -0.25) is 0 Å². The van der Waals surface area contributed by atoms with E-state index in [9.17, 15) is 0 Å². The highest BCUT2D eigenvalue weighted by molar-refractivity contribution is 4.68. The Morgan fingerprint density at radius 1 is 0.944 bits per heavy atom. The maximum Gasteiger partial charge on any atom is 0.0649 e. The maximum absolute atomic E-state index is 8.86. The van der Waals surface area contributed by atoms with Crippen LogP contribution >= 0.6 is 0 Å². The Labute approximate surface area is 112 Å². The molecule has 0 fully saturated rings. The molecule has 4 heteroatoms. The summed E-state index contributed by atoms with van der Waals surface area (Å²) in [4.78, 5) is 0. The molecule has 0 saturated heterocycles. The summed E-state index contributed by atoms with van der Waals surface area (Å²) in [7, 11) is 0. The van der Waals surface area contributed by atoms with Gasteiger partial charge in [0, 0.05) is 19.7 Å². The van der Waals surface area contributed by atoms with Crippen LogP contribution in [0.15, 0.2) is 0 Å². The zero-order chi connectivity index (χ0) is 14.1. The van der Waals surface area contributed by atoms with E-state index in [0.717, 1.165) is 26.1 Å². The predicted octanol–water partition coefficient (Wildman–Crippen LogP) is 1.96.